The van der Waals surface area contributed by atoms with Gasteiger partial charge in [0.15, 0.2) is 0 Å². The molecule has 112 valence electrons. The molecule has 1 N–H and O–H groups in total. The molecule has 4 aliphatic rings. The molecule has 3 fully saturated rings. The van der Waals surface area contributed by atoms with Crippen molar-refractivity contribution in [2.24, 2.45) is 29.6 Å². The highest BCUT2D eigenvalue weighted by Crippen LogP contribution is 2.72. The molecule has 2 nitrogen and oxygen atoms in total. The normalized spacial score (nSPS) is 42.3. The highest BCUT2D eigenvalue weighted by molar-refractivity contribution is 5.46. The average molecular weight is 284 g/mol. The summed E-state index contributed by atoms with van der Waals surface area (Å²) in [6.45, 7) is 5.20. The highest BCUT2D eigenvalue weighted by Gasteiger charge is 2.66. The van der Waals surface area contributed by atoms with Crippen LogP contribution in [0.25, 0.3) is 0 Å². The maximum absolute atomic E-state index is 10.9. The molecule has 5 rings (SSSR count). The van der Waals surface area contributed by atoms with Gasteiger partial charge in [-0.05, 0) is 66.5 Å². The van der Waals surface area contributed by atoms with Crippen molar-refractivity contribution >= 4 is 0 Å². The Bertz CT molecular complexity index is 590. The summed E-state index contributed by atoms with van der Waals surface area (Å²) in [5.41, 5.74) is 2.46. The molecule has 3 saturated carbocycles. The number of hydrogen-bond donors (Lipinski definition) is 1. The van der Waals surface area contributed by atoms with Gasteiger partial charge in [-0.3, -0.25) is 0 Å². The summed E-state index contributed by atoms with van der Waals surface area (Å²) < 4.78 is 5.76. The van der Waals surface area contributed by atoms with E-state index in [-0.39, 0.29) is 11.5 Å². The van der Waals surface area contributed by atoms with Gasteiger partial charge in [-0.15, -0.1) is 0 Å². The third-order valence-electron chi connectivity index (χ3n) is 6.82. The second kappa shape index (κ2) is 3.84. The first-order valence-electron chi connectivity index (χ1n) is 8.51. The fraction of sp³-hybridized carbons (Fsp3) is 0.684. The first-order valence-corrected chi connectivity index (χ1v) is 8.51. The first-order chi connectivity index (χ1) is 10.1. The molecule has 5 atom stereocenters. The Morgan fingerprint density at radius 2 is 1.90 bits per heavy atom. The molecule has 21 heavy (non-hydrogen) atoms. The molecular weight excluding hydrogens is 260 g/mol. The van der Waals surface area contributed by atoms with Gasteiger partial charge in [0.2, 0.25) is 0 Å². The van der Waals surface area contributed by atoms with E-state index < -0.39 is 0 Å². The van der Waals surface area contributed by atoms with E-state index in [1.165, 1.54) is 24.8 Å². The molecule has 2 heteroatoms. The summed E-state index contributed by atoms with van der Waals surface area (Å²) in [4.78, 5) is 0. The minimum atomic E-state index is -0.259. The Hall–Kier alpha value is -1.02. The SMILES string of the molecule is CC1(C)COc2ccc(C(O)C3C4C5CCC(C5)C43)cc21. The molecule has 2 bridgehead atoms. The van der Waals surface area contributed by atoms with Crippen LogP contribution in [0.3, 0.4) is 0 Å². The van der Waals surface area contributed by atoms with Gasteiger partial charge in [-0.25, -0.2) is 0 Å². The summed E-state index contributed by atoms with van der Waals surface area (Å²) in [6.07, 6.45) is 4.02. The summed E-state index contributed by atoms with van der Waals surface area (Å²) in [5.74, 6) is 5.06. The van der Waals surface area contributed by atoms with Gasteiger partial charge in [0.05, 0.1) is 12.7 Å². The topological polar surface area (TPSA) is 29.5 Å². The number of ether oxygens (including phenoxy) is 1. The largest absolute Gasteiger partial charge is 0.492 e. The van der Waals surface area contributed by atoms with Crippen LogP contribution in [0.1, 0.15) is 50.3 Å². The molecule has 0 amide bonds. The Balaban J connectivity index is 1.44. The van der Waals surface area contributed by atoms with Crippen molar-refractivity contribution < 1.29 is 9.84 Å². The number of hydrogen-bond acceptors (Lipinski definition) is 2. The zero-order valence-corrected chi connectivity index (χ0v) is 12.9. The van der Waals surface area contributed by atoms with Gasteiger partial charge in [0.25, 0.3) is 0 Å². The van der Waals surface area contributed by atoms with Crippen molar-refractivity contribution in [3.8, 4) is 5.75 Å². The zero-order chi connectivity index (χ0) is 14.4. The van der Waals surface area contributed by atoms with E-state index in [2.05, 4.69) is 32.0 Å². The van der Waals surface area contributed by atoms with E-state index in [1.54, 1.807) is 0 Å². The van der Waals surface area contributed by atoms with E-state index in [4.69, 9.17) is 4.74 Å². The van der Waals surface area contributed by atoms with Crippen molar-refractivity contribution in [3.63, 3.8) is 0 Å². The third kappa shape index (κ3) is 1.57. The first kappa shape index (κ1) is 12.5. The molecule has 0 saturated heterocycles. The average Bonchev–Trinajstić information content (AvgIpc) is 2.77. The molecule has 0 radical (unpaired) electrons. The van der Waals surface area contributed by atoms with E-state index in [9.17, 15) is 5.11 Å². The molecule has 1 aromatic carbocycles. The van der Waals surface area contributed by atoms with Gasteiger partial charge in [0, 0.05) is 11.0 Å². The van der Waals surface area contributed by atoms with Crippen LogP contribution in [-0.4, -0.2) is 11.7 Å². The van der Waals surface area contributed by atoms with Crippen LogP contribution in [-0.2, 0) is 5.41 Å². The van der Waals surface area contributed by atoms with Gasteiger partial charge in [-0.1, -0.05) is 19.9 Å². The van der Waals surface area contributed by atoms with Crippen molar-refractivity contribution in [2.75, 3.05) is 6.61 Å². The molecule has 1 aromatic rings. The van der Waals surface area contributed by atoms with Crippen LogP contribution in [0.4, 0.5) is 0 Å². The van der Waals surface area contributed by atoms with Crippen LogP contribution in [0.15, 0.2) is 18.2 Å². The molecule has 5 unspecified atom stereocenters. The van der Waals surface area contributed by atoms with E-state index in [1.807, 2.05) is 0 Å². The van der Waals surface area contributed by atoms with Gasteiger partial charge in [-0.2, -0.15) is 0 Å². The van der Waals surface area contributed by atoms with E-state index in [0.717, 1.165) is 41.6 Å². The molecule has 1 aliphatic heterocycles. The standard InChI is InChI=1S/C19H24O2/c1-19(2)9-21-14-6-5-12(8-13(14)19)18(20)17-15-10-3-4-11(7-10)16(15)17/h5-6,8,10-11,15-18,20H,3-4,7,9H2,1-2H3. The van der Waals surface area contributed by atoms with Gasteiger partial charge in [0.1, 0.15) is 5.75 Å². The zero-order valence-electron chi connectivity index (χ0n) is 12.9. The Morgan fingerprint density at radius 1 is 1.19 bits per heavy atom. The van der Waals surface area contributed by atoms with Crippen molar-refractivity contribution in [1.29, 1.82) is 0 Å². The lowest BCUT2D eigenvalue weighted by Crippen LogP contribution is -2.18. The Kier molecular flexibility index (Phi) is 2.29. The van der Waals surface area contributed by atoms with Crippen LogP contribution in [0.2, 0.25) is 0 Å². The fourth-order valence-corrected chi connectivity index (χ4v) is 5.76. The Morgan fingerprint density at radius 3 is 2.62 bits per heavy atom. The molecule has 3 aliphatic carbocycles. The predicted octanol–water partition coefficient (Wildman–Crippen LogP) is 3.68. The maximum Gasteiger partial charge on any atom is 0.123 e. The predicted molar refractivity (Wildman–Crippen MR) is 81.2 cm³/mol. The lowest BCUT2D eigenvalue weighted by Gasteiger charge is -2.19. The number of aliphatic hydroxyl groups is 1. The molecule has 0 spiro atoms. The highest BCUT2D eigenvalue weighted by atomic mass is 16.5. The number of fused-ring (bicyclic) bond motifs is 6. The molecule has 0 aromatic heterocycles. The minimum absolute atomic E-state index is 0.0729. The van der Waals surface area contributed by atoms with Crippen LogP contribution in [0, 0.1) is 29.6 Å². The minimum Gasteiger partial charge on any atom is -0.492 e. The van der Waals surface area contributed by atoms with Gasteiger partial charge >= 0.3 is 0 Å². The van der Waals surface area contributed by atoms with Crippen molar-refractivity contribution in [3.05, 3.63) is 29.3 Å². The Labute approximate surface area is 126 Å². The van der Waals surface area contributed by atoms with Crippen molar-refractivity contribution in [1.82, 2.24) is 0 Å². The monoisotopic (exact) mass is 284 g/mol. The van der Waals surface area contributed by atoms with E-state index in [0.29, 0.717) is 5.92 Å². The summed E-state index contributed by atoms with van der Waals surface area (Å²) in [6, 6.07) is 6.36. The lowest BCUT2D eigenvalue weighted by atomic mass is 9.85. The van der Waals surface area contributed by atoms with Crippen LogP contribution >= 0.6 is 0 Å². The van der Waals surface area contributed by atoms with Crippen LogP contribution in [0.5, 0.6) is 5.75 Å². The fourth-order valence-electron chi connectivity index (χ4n) is 5.76. The summed E-state index contributed by atoms with van der Waals surface area (Å²) in [7, 11) is 0. The van der Waals surface area contributed by atoms with Crippen LogP contribution < -0.4 is 4.74 Å². The molecule has 1 heterocycles. The van der Waals surface area contributed by atoms with E-state index >= 15 is 0 Å². The van der Waals surface area contributed by atoms with Gasteiger partial charge < -0.3 is 9.84 Å². The summed E-state index contributed by atoms with van der Waals surface area (Å²) in [5, 5.41) is 10.9. The smallest absolute Gasteiger partial charge is 0.123 e. The summed E-state index contributed by atoms with van der Waals surface area (Å²) >= 11 is 0. The maximum atomic E-state index is 10.9. The van der Waals surface area contributed by atoms with Crippen molar-refractivity contribution in [2.45, 2.75) is 44.6 Å². The lowest BCUT2D eigenvalue weighted by molar-refractivity contribution is 0.130. The second-order valence-corrected chi connectivity index (χ2v) is 8.44. The quantitative estimate of drug-likeness (QED) is 0.897. The number of rotatable bonds is 2. The number of benzene rings is 1. The second-order valence-electron chi connectivity index (χ2n) is 8.44. The third-order valence-corrected chi connectivity index (χ3v) is 6.82. The number of aliphatic hydroxyl groups excluding tert-OH is 1. The molecular formula is C19H24O2.